The Morgan fingerprint density at radius 1 is 1.06 bits per heavy atom. The van der Waals surface area contributed by atoms with Crippen molar-refractivity contribution in [3.05, 3.63) is 94.5 Å². The maximum absolute atomic E-state index is 13.7. The maximum Gasteiger partial charge on any atom is 0.257 e. The third kappa shape index (κ3) is 5.08. The average molecular weight is 491 g/mol. The Balaban J connectivity index is 1.69. The van der Waals surface area contributed by atoms with Crippen molar-refractivity contribution in [1.29, 1.82) is 0 Å². The van der Waals surface area contributed by atoms with Crippen LogP contribution in [0.4, 0.5) is 5.69 Å². The zero-order chi connectivity index (χ0) is 25.1. The van der Waals surface area contributed by atoms with Gasteiger partial charge in [-0.05, 0) is 53.4 Å². The lowest BCUT2D eigenvalue weighted by Crippen LogP contribution is -2.45. The molecule has 0 spiro atoms. The van der Waals surface area contributed by atoms with Crippen LogP contribution in [0.25, 0.3) is 0 Å². The molecule has 1 aliphatic rings. The van der Waals surface area contributed by atoms with Crippen LogP contribution >= 0.6 is 11.6 Å². The number of carbonyl (C=O) groups excluding carboxylic acids is 3. The molecule has 0 N–H and O–H groups in total. The summed E-state index contributed by atoms with van der Waals surface area (Å²) in [6.45, 7) is 4.24. The van der Waals surface area contributed by atoms with Crippen LogP contribution in [0, 0.1) is 0 Å². The van der Waals surface area contributed by atoms with Crippen LogP contribution in [0.2, 0.25) is 5.02 Å². The van der Waals surface area contributed by atoms with Gasteiger partial charge in [-0.2, -0.15) is 0 Å². The fourth-order valence-electron chi connectivity index (χ4n) is 4.19. The van der Waals surface area contributed by atoms with Crippen molar-refractivity contribution in [2.45, 2.75) is 38.8 Å². The fourth-order valence-corrected chi connectivity index (χ4v) is 4.39. The highest BCUT2D eigenvalue weighted by Gasteiger charge is 2.44. The molecule has 4 rings (SSSR count). The van der Waals surface area contributed by atoms with Crippen LogP contribution in [0.3, 0.4) is 0 Å². The molecule has 6 nitrogen and oxygen atoms in total. The van der Waals surface area contributed by atoms with Crippen molar-refractivity contribution in [1.82, 2.24) is 4.90 Å². The monoisotopic (exact) mass is 490 g/mol. The van der Waals surface area contributed by atoms with E-state index in [1.54, 1.807) is 54.6 Å². The summed E-state index contributed by atoms with van der Waals surface area (Å²) in [5.41, 5.74) is 2.65. The molecule has 1 unspecified atom stereocenters. The number of methoxy groups -OCH3 is 1. The van der Waals surface area contributed by atoms with Gasteiger partial charge < -0.3 is 9.64 Å². The number of hydrogen-bond donors (Lipinski definition) is 0. The average Bonchev–Trinajstić information content (AvgIpc) is 3.16. The topological polar surface area (TPSA) is 66.9 Å². The molecular formula is C28H27ClN2O4. The van der Waals surface area contributed by atoms with Crippen molar-refractivity contribution in [3.63, 3.8) is 0 Å². The Morgan fingerprint density at radius 3 is 2.43 bits per heavy atom. The van der Waals surface area contributed by atoms with Crippen LogP contribution in [0.1, 0.15) is 47.7 Å². The summed E-state index contributed by atoms with van der Waals surface area (Å²) in [6, 6.07) is 20.3. The second kappa shape index (κ2) is 10.3. The van der Waals surface area contributed by atoms with Crippen molar-refractivity contribution in [2.24, 2.45) is 0 Å². The van der Waals surface area contributed by atoms with E-state index in [0.717, 1.165) is 5.56 Å². The predicted octanol–water partition coefficient (Wildman–Crippen LogP) is 5.45. The number of ether oxygens (including phenoxy) is 1. The largest absolute Gasteiger partial charge is 0.497 e. The molecule has 0 bridgehead atoms. The zero-order valence-electron chi connectivity index (χ0n) is 19.9. The first kappa shape index (κ1) is 24.5. The molecule has 1 heterocycles. The number of carbonyl (C=O) groups is 3. The fraction of sp³-hybridized carbons (Fsp3) is 0.250. The Hall–Kier alpha value is -3.64. The minimum atomic E-state index is -0.956. The summed E-state index contributed by atoms with van der Waals surface area (Å²) in [5, 5.41) is 0.480. The predicted molar refractivity (Wildman–Crippen MR) is 136 cm³/mol. The van der Waals surface area contributed by atoms with Gasteiger partial charge in [-0.1, -0.05) is 61.8 Å². The van der Waals surface area contributed by atoms with Crippen molar-refractivity contribution >= 4 is 35.0 Å². The highest BCUT2D eigenvalue weighted by Crippen LogP contribution is 2.30. The molecule has 1 atom stereocenters. The van der Waals surface area contributed by atoms with Crippen molar-refractivity contribution in [2.75, 3.05) is 12.0 Å². The molecule has 0 aliphatic carbocycles. The molecule has 3 amide bonds. The van der Waals surface area contributed by atoms with E-state index in [4.69, 9.17) is 16.3 Å². The van der Waals surface area contributed by atoms with Crippen LogP contribution in [-0.4, -0.2) is 35.8 Å². The van der Waals surface area contributed by atoms with Crippen LogP contribution in [0.15, 0.2) is 72.8 Å². The highest BCUT2D eigenvalue weighted by molar-refractivity contribution is 6.31. The number of amides is 3. The van der Waals surface area contributed by atoms with Crippen molar-refractivity contribution in [3.8, 4) is 5.75 Å². The SMILES string of the molecule is COc1cccc(C(=O)N(Cc2ccccc2Cl)C2CC(=O)N(c3ccc(C(C)C)cc3)C2=O)c1. The van der Waals surface area contributed by atoms with E-state index < -0.39 is 11.9 Å². The van der Waals surface area contributed by atoms with Crippen LogP contribution < -0.4 is 9.64 Å². The molecule has 3 aromatic rings. The lowest BCUT2D eigenvalue weighted by Gasteiger charge is -2.28. The van der Waals surface area contributed by atoms with Gasteiger partial charge in [0.25, 0.3) is 11.8 Å². The molecule has 1 aliphatic heterocycles. The Kier molecular flexibility index (Phi) is 7.22. The molecule has 35 heavy (non-hydrogen) atoms. The smallest absolute Gasteiger partial charge is 0.257 e. The number of imide groups is 1. The molecule has 0 aromatic heterocycles. The molecule has 7 heteroatoms. The number of benzene rings is 3. The summed E-state index contributed by atoms with van der Waals surface area (Å²) >= 11 is 6.38. The van der Waals surface area contributed by atoms with E-state index in [1.807, 2.05) is 18.2 Å². The van der Waals surface area contributed by atoms with E-state index in [0.29, 0.717) is 33.5 Å². The second-order valence-electron chi connectivity index (χ2n) is 8.79. The molecule has 180 valence electrons. The molecular weight excluding hydrogens is 464 g/mol. The number of anilines is 1. The zero-order valence-corrected chi connectivity index (χ0v) is 20.7. The van der Waals surface area contributed by atoms with Gasteiger partial charge in [-0.25, -0.2) is 4.90 Å². The van der Waals surface area contributed by atoms with Gasteiger partial charge in [0.2, 0.25) is 5.91 Å². The number of nitrogens with zero attached hydrogens (tertiary/aromatic N) is 2. The number of halogens is 1. The van der Waals surface area contributed by atoms with Crippen molar-refractivity contribution < 1.29 is 19.1 Å². The summed E-state index contributed by atoms with van der Waals surface area (Å²) in [4.78, 5) is 42.9. The quantitative estimate of drug-likeness (QED) is 0.413. The lowest BCUT2D eigenvalue weighted by atomic mass is 10.0. The molecule has 1 fully saturated rings. The minimum absolute atomic E-state index is 0.0829. The van der Waals surface area contributed by atoms with E-state index >= 15 is 0 Å². The lowest BCUT2D eigenvalue weighted by molar-refractivity contribution is -0.122. The van der Waals surface area contributed by atoms with Gasteiger partial charge in [0.05, 0.1) is 19.2 Å². The number of hydrogen-bond acceptors (Lipinski definition) is 4. The summed E-state index contributed by atoms with van der Waals surface area (Å²) in [6.07, 6.45) is -0.106. The van der Waals surface area contributed by atoms with Gasteiger partial charge in [0.15, 0.2) is 0 Å². The van der Waals surface area contributed by atoms with Gasteiger partial charge >= 0.3 is 0 Å². The van der Waals surface area contributed by atoms with Gasteiger partial charge in [-0.3, -0.25) is 14.4 Å². The summed E-state index contributed by atoms with van der Waals surface area (Å²) < 4.78 is 5.27. The third-order valence-corrected chi connectivity index (χ3v) is 6.56. The number of rotatable bonds is 7. The normalized spacial score (nSPS) is 15.6. The second-order valence-corrected chi connectivity index (χ2v) is 9.20. The Morgan fingerprint density at radius 2 is 1.77 bits per heavy atom. The van der Waals surface area contributed by atoms with Crippen LogP contribution in [-0.2, 0) is 16.1 Å². The minimum Gasteiger partial charge on any atom is -0.497 e. The van der Waals surface area contributed by atoms with Crippen LogP contribution in [0.5, 0.6) is 5.75 Å². The standard InChI is InChI=1S/C28H27ClN2O4/c1-18(2)19-11-13-22(14-12-19)31-26(32)16-25(28(31)34)30(17-21-7-4-5-10-24(21)29)27(33)20-8-6-9-23(15-20)35-3/h4-15,18,25H,16-17H2,1-3H3. The van der Waals surface area contributed by atoms with Gasteiger partial charge in [0.1, 0.15) is 11.8 Å². The first-order valence-corrected chi connectivity index (χ1v) is 11.8. The summed E-state index contributed by atoms with van der Waals surface area (Å²) in [5.74, 6) is -0.315. The third-order valence-electron chi connectivity index (χ3n) is 6.19. The summed E-state index contributed by atoms with van der Waals surface area (Å²) in [7, 11) is 1.52. The highest BCUT2D eigenvalue weighted by atomic mass is 35.5. The van der Waals surface area contributed by atoms with E-state index in [-0.39, 0.29) is 24.8 Å². The first-order chi connectivity index (χ1) is 16.8. The van der Waals surface area contributed by atoms with Gasteiger partial charge in [-0.15, -0.1) is 0 Å². The first-order valence-electron chi connectivity index (χ1n) is 11.5. The maximum atomic E-state index is 13.7. The van der Waals surface area contributed by atoms with Gasteiger partial charge in [0, 0.05) is 17.1 Å². The Labute approximate surface area is 210 Å². The molecule has 0 radical (unpaired) electrons. The molecule has 3 aromatic carbocycles. The van der Waals surface area contributed by atoms with E-state index in [9.17, 15) is 14.4 Å². The van der Waals surface area contributed by atoms with E-state index in [2.05, 4.69) is 13.8 Å². The molecule has 1 saturated heterocycles. The van der Waals surface area contributed by atoms with E-state index in [1.165, 1.54) is 16.9 Å². The Bertz CT molecular complexity index is 1260. The molecule has 0 saturated carbocycles.